The Hall–Kier alpha value is -3.86. The number of benzene rings is 2. The lowest BCUT2D eigenvalue weighted by Gasteiger charge is -2.27. The van der Waals surface area contributed by atoms with Crippen LogP contribution in [0.5, 0.6) is 0 Å². The highest BCUT2D eigenvalue weighted by Gasteiger charge is 2.44. The molecule has 0 saturated carbocycles. The molecule has 1 fully saturated rings. The van der Waals surface area contributed by atoms with E-state index in [4.69, 9.17) is 0 Å². The number of carbonyl (C=O) groups excluding carboxylic acids is 5. The van der Waals surface area contributed by atoms with Gasteiger partial charge < -0.3 is 5.32 Å². The molecule has 0 spiro atoms. The number of rotatable bonds is 5. The van der Waals surface area contributed by atoms with Crippen LogP contribution in [0.1, 0.15) is 49.5 Å². The summed E-state index contributed by atoms with van der Waals surface area (Å²) in [5, 5.41) is 4.82. The van der Waals surface area contributed by atoms with Crippen molar-refractivity contribution in [3.63, 3.8) is 0 Å². The molecule has 2 N–H and O–H groups in total. The van der Waals surface area contributed by atoms with Gasteiger partial charge in [0.25, 0.3) is 17.7 Å². The number of piperidine rings is 1. The van der Waals surface area contributed by atoms with E-state index in [1.54, 1.807) is 6.07 Å². The van der Waals surface area contributed by atoms with E-state index in [1.807, 2.05) is 0 Å². The molecule has 0 aliphatic carbocycles. The fourth-order valence-corrected chi connectivity index (χ4v) is 4.40. The molecule has 2 aliphatic rings. The van der Waals surface area contributed by atoms with E-state index >= 15 is 0 Å². The molecule has 4 rings (SSSR count). The molecule has 33 heavy (non-hydrogen) atoms. The van der Waals surface area contributed by atoms with E-state index in [0.717, 1.165) is 11.2 Å². The average molecular weight is 469 g/mol. The van der Waals surface area contributed by atoms with Gasteiger partial charge in [0.05, 0.1) is 16.0 Å². The minimum absolute atomic E-state index is 0.0340. The van der Waals surface area contributed by atoms with Crippen molar-refractivity contribution < 1.29 is 32.4 Å². The number of hydrogen-bond acceptors (Lipinski definition) is 7. The number of imide groups is 2. The third-order valence-corrected chi connectivity index (χ3v) is 6.63. The molecule has 2 aromatic carbocycles. The van der Waals surface area contributed by atoms with Crippen LogP contribution >= 0.6 is 0 Å². The first-order valence-corrected chi connectivity index (χ1v) is 11.9. The Morgan fingerprint density at radius 2 is 1.70 bits per heavy atom. The maximum Gasteiger partial charge on any atom is 0.262 e. The number of carbonyl (C=O) groups is 5. The lowest BCUT2D eigenvalue weighted by molar-refractivity contribution is -0.136. The van der Waals surface area contributed by atoms with Crippen LogP contribution in [0.2, 0.25) is 0 Å². The fraction of sp³-hybridized carbons (Fsp3) is 0.227. The zero-order valence-electron chi connectivity index (χ0n) is 17.5. The standard InChI is InChI=1S/C22H19N3O7S/c1-33(31,32)14-5-3-13(4-6-14)19(27)23-11-12-2-7-15-16(10-12)22(30)25(21(15)29)17-8-9-18(26)24-20(17)28/h2-7,10,17H,8-9,11H2,1H3,(H,23,27)(H,24,26,28). The van der Waals surface area contributed by atoms with Gasteiger partial charge in [-0.25, -0.2) is 8.42 Å². The largest absolute Gasteiger partial charge is 0.348 e. The van der Waals surface area contributed by atoms with Crippen LogP contribution < -0.4 is 10.6 Å². The zero-order chi connectivity index (χ0) is 23.9. The zero-order valence-corrected chi connectivity index (χ0v) is 18.3. The summed E-state index contributed by atoms with van der Waals surface area (Å²) in [5.74, 6) is -2.81. The molecule has 2 heterocycles. The topological polar surface area (TPSA) is 147 Å². The first kappa shape index (κ1) is 22.3. The van der Waals surface area contributed by atoms with Crippen LogP contribution in [0.4, 0.5) is 0 Å². The lowest BCUT2D eigenvalue weighted by Crippen LogP contribution is -2.54. The normalized spacial score (nSPS) is 18.2. The highest BCUT2D eigenvalue weighted by Crippen LogP contribution is 2.28. The van der Waals surface area contributed by atoms with Crippen LogP contribution in [0, 0.1) is 0 Å². The minimum Gasteiger partial charge on any atom is -0.348 e. The molecular formula is C22H19N3O7S. The average Bonchev–Trinajstić information content (AvgIpc) is 3.01. The Labute approximate surface area is 188 Å². The fourth-order valence-electron chi connectivity index (χ4n) is 3.77. The number of sulfone groups is 1. The molecular weight excluding hydrogens is 450 g/mol. The van der Waals surface area contributed by atoms with E-state index < -0.39 is 45.4 Å². The van der Waals surface area contributed by atoms with Gasteiger partial charge in [-0.15, -0.1) is 0 Å². The Morgan fingerprint density at radius 3 is 2.33 bits per heavy atom. The first-order valence-electron chi connectivity index (χ1n) is 9.99. The van der Waals surface area contributed by atoms with Gasteiger partial charge in [-0.2, -0.15) is 0 Å². The van der Waals surface area contributed by atoms with Crippen molar-refractivity contribution in [3.8, 4) is 0 Å². The SMILES string of the molecule is CS(=O)(=O)c1ccc(C(=O)NCc2ccc3c(c2)C(=O)N(C2CCC(=O)NC2=O)C3=O)cc1. The molecule has 11 heteroatoms. The molecule has 10 nitrogen and oxygen atoms in total. The summed E-state index contributed by atoms with van der Waals surface area (Å²) < 4.78 is 23.1. The van der Waals surface area contributed by atoms with E-state index in [1.165, 1.54) is 36.4 Å². The highest BCUT2D eigenvalue weighted by atomic mass is 32.2. The van der Waals surface area contributed by atoms with Crippen molar-refractivity contribution in [2.75, 3.05) is 6.26 Å². The molecule has 0 bridgehead atoms. The van der Waals surface area contributed by atoms with Crippen LogP contribution in [0.3, 0.4) is 0 Å². The molecule has 0 radical (unpaired) electrons. The smallest absolute Gasteiger partial charge is 0.262 e. The maximum absolute atomic E-state index is 12.9. The summed E-state index contributed by atoms with van der Waals surface area (Å²) in [6, 6.07) is 8.96. The minimum atomic E-state index is -3.37. The van der Waals surface area contributed by atoms with Gasteiger partial charge in [-0.1, -0.05) is 6.07 Å². The monoisotopic (exact) mass is 469 g/mol. The van der Waals surface area contributed by atoms with E-state index in [9.17, 15) is 32.4 Å². The van der Waals surface area contributed by atoms with Gasteiger partial charge in [0.1, 0.15) is 6.04 Å². The number of nitrogens with zero attached hydrogens (tertiary/aromatic N) is 1. The Kier molecular flexibility index (Phi) is 5.58. The van der Waals surface area contributed by atoms with Gasteiger partial charge in [0, 0.05) is 24.8 Å². The van der Waals surface area contributed by atoms with Gasteiger partial charge in [-0.3, -0.25) is 34.2 Å². The molecule has 1 unspecified atom stereocenters. The molecule has 5 amide bonds. The van der Waals surface area contributed by atoms with Crippen LogP contribution in [-0.2, 0) is 26.0 Å². The molecule has 2 aromatic rings. The van der Waals surface area contributed by atoms with Crippen molar-refractivity contribution >= 4 is 39.4 Å². The van der Waals surface area contributed by atoms with Crippen molar-refractivity contribution in [2.45, 2.75) is 30.3 Å². The maximum atomic E-state index is 12.9. The Balaban J connectivity index is 1.46. The van der Waals surface area contributed by atoms with Crippen LogP contribution in [0.25, 0.3) is 0 Å². The van der Waals surface area contributed by atoms with Crippen molar-refractivity contribution in [3.05, 3.63) is 64.7 Å². The predicted molar refractivity (Wildman–Crippen MR) is 114 cm³/mol. The quantitative estimate of drug-likeness (QED) is 0.603. The third kappa shape index (κ3) is 4.27. The summed E-state index contributed by atoms with van der Waals surface area (Å²) in [5.41, 5.74) is 1.09. The predicted octanol–water partition coefficient (Wildman–Crippen LogP) is 0.421. The second-order valence-electron chi connectivity index (χ2n) is 7.81. The lowest BCUT2D eigenvalue weighted by atomic mass is 10.0. The van der Waals surface area contributed by atoms with Gasteiger partial charge in [-0.05, 0) is 48.4 Å². The number of amides is 5. The Morgan fingerprint density at radius 1 is 1.03 bits per heavy atom. The molecule has 1 atom stereocenters. The number of nitrogens with one attached hydrogen (secondary N) is 2. The van der Waals surface area contributed by atoms with Crippen LogP contribution in [0.15, 0.2) is 47.4 Å². The third-order valence-electron chi connectivity index (χ3n) is 5.50. The molecule has 0 aromatic heterocycles. The second kappa shape index (κ2) is 8.24. The highest BCUT2D eigenvalue weighted by molar-refractivity contribution is 7.90. The molecule has 1 saturated heterocycles. The number of fused-ring (bicyclic) bond motifs is 1. The van der Waals surface area contributed by atoms with E-state index in [-0.39, 0.29) is 41.0 Å². The van der Waals surface area contributed by atoms with Crippen molar-refractivity contribution in [2.24, 2.45) is 0 Å². The van der Waals surface area contributed by atoms with Gasteiger partial charge in [0.15, 0.2) is 9.84 Å². The summed E-state index contributed by atoms with van der Waals surface area (Å²) in [6.07, 6.45) is 1.17. The number of hydrogen-bond donors (Lipinski definition) is 2. The summed E-state index contributed by atoms with van der Waals surface area (Å²) in [4.78, 5) is 62.4. The summed E-state index contributed by atoms with van der Waals surface area (Å²) in [6.45, 7) is 0.0554. The molecule has 2 aliphatic heterocycles. The van der Waals surface area contributed by atoms with Crippen molar-refractivity contribution in [1.29, 1.82) is 0 Å². The second-order valence-corrected chi connectivity index (χ2v) is 9.82. The summed E-state index contributed by atoms with van der Waals surface area (Å²) >= 11 is 0. The molecule has 170 valence electrons. The van der Waals surface area contributed by atoms with Crippen LogP contribution in [-0.4, -0.2) is 55.2 Å². The van der Waals surface area contributed by atoms with Gasteiger partial charge >= 0.3 is 0 Å². The van der Waals surface area contributed by atoms with E-state index in [2.05, 4.69) is 10.6 Å². The summed E-state index contributed by atoms with van der Waals surface area (Å²) in [7, 11) is -3.37. The first-order chi connectivity index (χ1) is 15.6. The Bertz CT molecular complexity index is 1320. The van der Waals surface area contributed by atoms with E-state index in [0.29, 0.717) is 5.56 Å². The van der Waals surface area contributed by atoms with Gasteiger partial charge in [0.2, 0.25) is 11.8 Å². The van der Waals surface area contributed by atoms with Crippen molar-refractivity contribution in [1.82, 2.24) is 15.5 Å².